The minimum atomic E-state index is -1.27. The van der Waals surface area contributed by atoms with Crippen molar-refractivity contribution < 1.29 is 9.90 Å². The number of halogens is 2. The zero-order chi connectivity index (χ0) is 15.0. The topological polar surface area (TPSA) is 69.2 Å². The molecule has 0 spiro atoms. The van der Waals surface area contributed by atoms with Crippen molar-refractivity contribution >= 4 is 29.1 Å². The number of aromatic amines is 1. The molecule has 7 heteroatoms. The van der Waals surface area contributed by atoms with Crippen LogP contribution in [-0.2, 0) is 17.8 Å². The van der Waals surface area contributed by atoms with Crippen molar-refractivity contribution in [2.24, 2.45) is 0 Å². The molecule has 21 heavy (non-hydrogen) atoms. The molecule has 3 rings (SSSR count). The van der Waals surface area contributed by atoms with E-state index in [0.29, 0.717) is 35.1 Å². The van der Waals surface area contributed by atoms with Crippen molar-refractivity contribution in [3.05, 3.63) is 51.3 Å². The SMILES string of the molecule is O=C(C(O)c1cc(Cl)cc(Cl)c1)N1CCc2[nH]ncc2C1. The fourth-order valence-electron chi connectivity index (χ4n) is 2.46. The highest BCUT2D eigenvalue weighted by atomic mass is 35.5. The van der Waals surface area contributed by atoms with E-state index in [1.807, 2.05) is 0 Å². The molecule has 1 unspecified atom stereocenters. The lowest BCUT2D eigenvalue weighted by Gasteiger charge is -2.28. The minimum absolute atomic E-state index is 0.361. The number of carbonyl (C=O) groups excluding carboxylic acids is 1. The fraction of sp³-hybridized carbons (Fsp3) is 0.286. The summed E-state index contributed by atoms with van der Waals surface area (Å²) < 4.78 is 0. The monoisotopic (exact) mass is 325 g/mol. The Hall–Kier alpha value is -1.56. The molecule has 1 aliphatic heterocycles. The third-order valence-electron chi connectivity index (χ3n) is 3.55. The van der Waals surface area contributed by atoms with Crippen LogP contribution in [0.2, 0.25) is 10.0 Å². The van der Waals surface area contributed by atoms with Gasteiger partial charge in [0.2, 0.25) is 0 Å². The largest absolute Gasteiger partial charge is 0.378 e. The van der Waals surface area contributed by atoms with E-state index >= 15 is 0 Å². The van der Waals surface area contributed by atoms with Crippen LogP contribution in [0.1, 0.15) is 22.9 Å². The molecule has 2 aromatic rings. The highest BCUT2D eigenvalue weighted by Crippen LogP contribution is 2.26. The van der Waals surface area contributed by atoms with Gasteiger partial charge in [0.05, 0.1) is 6.20 Å². The quantitative estimate of drug-likeness (QED) is 0.890. The summed E-state index contributed by atoms with van der Waals surface area (Å²) in [5.41, 5.74) is 2.42. The summed E-state index contributed by atoms with van der Waals surface area (Å²) in [4.78, 5) is 14.0. The molecule has 0 saturated heterocycles. The maximum absolute atomic E-state index is 12.4. The number of aliphatic hydroxyl groups is 1. The number of hydrogen-bond donors (Lipinski definition) is 2. The number of rotatable bonds is 2. The van der Waals surface area contributed by atoms with Gasteiger partial charge in [0.15, 0.2) is 6.10 Å². The van der Waals surface area contributed by atoms with E-state index < -0.39 is 6.10 Å². The van der Waals surface area contributed by atoms with Crippen LogP contribution in [0.15, 0.2) is 24.4 Å². The summed E-state index contributed by atoms with van der Waals surface area (Å²) in [6.07, 6.45) is 1.14. The van der Waals surface area contributed by atoms with Crippen molar-refractivity contribution in [3.8, 4) is 0 Å². The maximum atomic E-state index is 12.4. The van der Waals surface area contributed by atoms with E-state index in [9.17, 15) is 9.90 Å². The summed E-state index contributed by atoms with van der Waals surface area (Å²) in [6.45, 7) is 0.982. The zero-order valence-corrected chi connectivity index (χ0v) is 12.5. The van der Waals surface area contributed by atoms with Crippen LogP contribution in [-0.4, -0.2) is 32.7 Å². The minimum Gasteiger partial charge on any atom is -0.378 e. The first-order valence-corrected chi connectivity index (χ1v) is 7.24. The van der Waals surface area contributed by atoms with Crippen LogP contribution >= 0.6 is 23.2 Å². The van der Waals surface area contributed by atoms with Gasteiger partial charge in [-0.1, -0.05) is 23.2 Å². The Kier molecular flexibility index (Phi) is 3.89. The number of hydrogen-bond acceptors (Lipinski definition) is 3. The Morgan fingerprint density at radius 3 is 2.76 bits per heavy atom. The molecule has 0 aliphatic carbocycles. The van der Waals surface area contributed by atoms with Crippen LogP contribution < -0.4 is 0 Å². The molecular formula is C14H13Cl2N3O2. The lowest BCUT2D eigenvalue weighted by atomic mass is 10.0. The lowest BCUT2D eigenvalue weighted by molar-refractivity contribution is -0.141. The number of H-pyrrole nitrogens is 1. The third kappa shape index (κ3) is 2.90. The van der Waals surface area contributed by atoms with Crippen LogP contribution in [0.5, 0.6) is 0 Å². The third-order valence-corrected chi connectivity index (χ3v) is 3.98. The van der Waals surface area contributed by atoms with E-state index in [0.717, 1.165) is 11.3 Å². The molecule has 2 N–H and O–H groups in total. The first kappa shape index (κ1) is 14.4. The fourth-order valence-corrected chi connectivity index (χ4v) is 3.00. The normalized spacial score (nSPS) is 15.7. The summed E-state index contributed by atoms with van der Waals surface area (Å²) in [5.74, 6) is -0.361. The number of amides is 1. The second-order valence-corrected chi connectivity index (χ2v) is 5.86. The lowest BCUT2D eigenvalue weighted by Crippen LogP contribution is -2.38. The Morgan fingerprint density at radius 1 is 1.33 bits per heavy atom. The molecule has 1 amide bonds. The van der Waals surface area contributed by atoms with Crippen molar-refractivity contribution in [2.75, 3.05) is 6.54 Å². The van der Waals surface area contributed by atoms with Gasteiger partial charge in [0, 0.05) is 40.8 Å². The highest BCUT2D eigenvalue weighted by Gasteiger charge is 2.28. The molecule has 5 nitrogen and oxygen atoms in total. The molecule has 0 saturated carbocycles. The molecule has 1 aromatic carbocycles. The summed E-state index contributed by atoms with van der Waals surface area (Å²) in [7, 11) is 0. The number of benzene rings is 1. The van der Waals surface area contributed by atoms with Crippen LogP contribution in [0, 0.1) is 0 Å². The average molecular weight is 326 g/mol. The zero-order valence-electron chi connectivity index (χ0n) is 11.0. The number of aliphatic hydroxyl groups excluding tert-OH is 1. The standard InChI is InChI=1S/C14H13Cl2N3O2/c15-10-3-8(4-11(16)5-10)13(20)14(21)19-2-1-12-9(7-19)6-17-18-12/h3-6,13,20H,1-2,7H2,(H,17,18). The number of aromatic nitrogens is 2. The number of nitrogens with one attached hydrogen (secondary N) is 1. The van der Waals surface area contributed by atoms with Gasteiger partial charge >= 0.3 is 0 Å². The molecule has 1 aromatic heterocycles. The smallest absolute Gasteiger partial charge is 0.256 e. The first-order chi connectivity index (χ1) is 10.0. The number of carbonyl (C=O) groups is 1. The summed E-state index contributed by atoms with van der Waals surface area (Å²) in [5, 5.41) is 17.9. The molecule has 110 valence electrons. The van der Waals surface area contributed by atoms with Crippen molar-refractivity contribution in [2.45, 2.75) is 19.1 Å². The van der Waals surface area contributed by atoms with Gasteiger partial charge in [-0.05, 0) is 23.8 Å². The van der Waals surface area contributed by atoms with Gasteiger partial charge in [-0.25, -0.2) is 0 Å². The van der Waals surface area contributed by atoms with Crippen LogP contribution in [0.3, 0.4) is 0 Å². The second-order valence-electron chi connectivity index (χ2n) is 4.99. The van der Waals surface area contributed by atoms with Gasteiger partial charge in [-0.2, -0.15) is 5.10 Å². The highest BCUT2D eigenvalue weighted by molar-refractivity contribution is 6.34. The number of nitrogens with zero attached hydrogens (tertiary/aromatic N) is 2. The van der Waals surface area contributed by atoms with E-state index in [1.165, 1.54) is 0 Å². The molecule has 0 radical (unpaired) electrons. The summed E-state index contributed by atoms with van der Waals surface area (Å²) in [6, 6.07) is 4.65. The van der Waals surface area contributed by atoms with Crippen molar-refractivity contribution in [1.82, 2.24) is 15.1 Å². The molecule has 0 fully saturated rings. The Labute approximate surface area is 131 Å². The Bertz CT molecular complexity index is 666. The predicted octanol–water partition coefficient (Wildman–Crippen LogP) is 2.33. The van der Waals surface area contributed by atoms with Gasteiger partial charge < -0.3 is 10.0 Å². The molecule has 2 heterocycles. The van der Waals surface area contributed by atoms with Gasteiger partial charge in [0.1, 0.15) is 0 Å². The maximum Gasteiger partial charge on any atom is 0.256 e. The van der Waals surface area contributed by atoms with E-state index in [-0.39, 0.29) is 5.91 Å². The van der Waals surface area contributed by atoms with Gasteiger partial charge in [-0.15, -0.1) is 0 Å². The second kappa shape index (κ2) is 5.67. The van der Waals surface area contributed by atoms with E-state index in [4.69, 9.17) is 23.2 Å². The van der Waals surface area contributed by atoms with E-state index in [2.05, 4.69) is 10.2 Å². The average Bonchev–Trinajstić information content (AvgIpc) is 2.92. The van der Waals surface area contributed by atoms with Gasteiger partial charge in [0.25, 0.3) is 5.91 Å². The first-order valence-electron chi connectivity index (χ1n) is 6.48. The molecule has 1 aliphatic rings. The Balaban J connectivity index is 1.79. The van der Waals surface area contributed by atoms with Crippen molar-refractivity contribution in [3.63, 3.8) is 0 Å². The molecular weight excluding hydrogens is 313 g/mol. The van der Waals surface area contributed by atoms with Gasteiger partial charge in [-0.3, -0.25) is 9.89 Å². The van der Waals surface area contributed by atoms with Crippen LogP contribution in [0.25, 0.3) is 0 Å². The van der Waals surface area contributed by atoms with E-state index in [1.54, 1.807) is 29.3 Å². The van der Waals surface area contributed by atoms with Crippen molar-refractivity contribution in [1.29, 1.82) is 0 Å². The van der Waals surface area contributed by atoms with Crippen LogP contribution in [0.4, 0.5) is 0 Å². The number of fused-ring (bicyclic) bond motifs is 1. The molecule has 0 bridgehead atoms. The summed E-state index contributed by atoms with van der Waals surface area (Å²) >= 11 is 11.8. The predicted molar refractivity (Wildman–Crippen MR) is 79.1 cm³/mol. The molecule has 1 atom stereocenters. The Morgan fingerprint density at radius 2 is 2.05 bits per heavy atom.